The molecule has 0 aromatic heterocycles. The number of hydrogen-bond acceptors (Lipinski definition) is 5. The summed E-state index contributed by atoms with van der Waals surface area (Å²) in [4.78, 5) is 12.9. The molecule has 2 N–H and O–H groups in total. The molecule has 11 heteroatoms. The molecule has 0 aliphatic rings. The van der Waals surface area contributed by atoms with Crippen LogP contribution in [0.4, 0.5) is 17.1 Å². The molecule has 0 saturated carbocycles. The van der Waals surface area contributed by atoms with Crippen molar-refractivity contribution in [3.8, 4) is 0 Å². The van der Waals surface area contributed by atoms with E-state index < -0.39 is 32.0 Å². The van der Waals surface area contributed by atoms with Gasteiger partial charge in [0, 0.05) is 10.7 Å². The van der Waals surface area contributed by atoms with Crippen molar-refractivity contribution < 1.29 is 21.6 Å². The molecule has 3 aromatic carbocycles. The first-order valence-corrected chi connectivity index (χ1v) is 14.2. The van der Waals surface area contributed by atoms with Crippen molar-refractivity contribution in [2.45, 2.75) is 31.7 Å². The fourth-order valence-electron chi connectivity index (χ4n) is 3.41. The molecule has 0 bridgehead atoms. The van der Waals surface area contributed by atoms with E-state index in [0.717, 1.165) is 21.7 Å². The van der Waals surface area contributed by atoms with Crippen molar-refractivity contribution in [1.82, 2.24) is 0 Å². The zero-order chi connectivity index (χ0) is 26.0. The van der Waals surface area contributed by atoms with E-state index in [9.17, 15) is 21.6 Å². The highest BCUT2D eigenvalue weighted by atomic mass is 35.5. The molecule has 0 fully saturated rings. The molecule has 8 nitrogen and oxygen atoms in total. The molecule has 3 aromatic rings. The van der Waals surface area contributed by atoms with Crippen molar-refractivity contribution in [1.29, 1.82) is 0 Å². The maximum absolute atomic E-state index is 12.9. The average molecular weight is 536 g/mol. The van der Waals surface area contributed by atoms with Gasteiger partial charge in [0.1, 0.15) is 6.04 Å². The van der Waals surface area contributed by atoms with Crippen molar-refractivity contribution in [2.75, 3.05) is 20.6 Å². The molecule has 0 unspecified atom stereocenters. The number of nitrogens with zero attached hydrogens (tertiary/aromatic N) is 1. The summed E-state index contributed by atoms with van der Waals surface area (Å²) in [6, 6.07) is 16.1. The zero-order valence-electron chi connectivity index (χ0n) is 19.6. The van der Waals surface area contributed by atoms with Gasteiger partial charge in [-0.25, -0.2) is 16.8 Å². The number of carbonyl (C=O) groups excluding carboxylic acids is 1. The minimum Gasteiger partial charge on any atom is -0.324 e. The minimum absolute atomic E-state index is 0.0170. The van der Waals surface area contributed by atoms with Crippen molar-refractivity contribution in [3.63, 3.8) is 0 Å². The molecule has 1 amide bonds. The molecule has 0 spiro atoms. The second-order valence-corrected chi connectivity index (χ2v) is 12.1. The first kappa shape index (κ1) is 26.5. The summed E-state index contributed by atoms with van der Waals surface area (Å²) in [5, 5.41) is 3.07. The molecule has 1 atom stereocenters. The van der Waals surface area contributed by atoms with Gasteiger partial charge in [0.15, 0.2) is 0 Å². The van der Waals surface area contributed by atoms with E-state index in [2.05, 4.69) is 10.0 Å². The lowest BCUT2D eigenvalue weighted by atomic mass is 10.1. The van der Waals surface area contributed by atoms with Crippen LogP contribution < -0.4 is 14.3 Å². The van der Waals surface area contributed by atoms with Gasteiger partial charge in [0.2, 0.25) is 15.9 Å². The van der Waals surface area contributed by atoms with Crippen LogP contribution in [-0.4, -0.2) is 35.0 Å². The summed E-state index contributed by atoms with van der Waals surface area (Å²) in [5.74, 6) is -0.588. The van der Waals surface area contributed by atoms with Crippen LogP contribution in [0.1, 0.15) is 18.1 Å². The first-order valence-electron chi connectivity index (χ1n) is 10.5. The van der Waals surface area contributed by atoms with E-state index in [1.807, 2.05) is 19.1 Å². The van der Waals surface area contributed by atoms with E-state index in [4.69, 9.17) is 11.6 Å². The Morgan fingerprint density at radius 3 is 2.09 bits per heavy atom. The highest BCUT2D eigenvalue weighted by Gasteiger charge is 2.29. The van der Waals surface area contributed by atoms with Crippen molar-refractivity contribution >= 4 is 54.6 Å². The SMILES string of the molecule is Cc1ccc(C)c(NS(=O)(=O)c2ccc(NC(=O)[C@@H](C)N(c3ccc(Cl)cc3)S(C)(=O)=O)cc2)c1. The molecule has 0 aliphatic heterocycles. The Bertz CT molecular complexity index is 1440. The third-order valence-corrected chi connectivity index (χ3v) is 8.11. The fourth-order valence-corrected chi connectivity index (χ4v) is 5.83. The second-order valence-electron chi connectivity index (χ2n) is 8.15. The van der Waals surface area contributed by atoms with Crippen LogP contribution in [0.15, 0.2) is 71.6 Å². The molecular weight excluding hydrogens is 510 g/mol. The third kappa shape index (κ3) is 6.53. The number of nitrogens with one attached hydrogen (secondary N) is 2. The van der Waals surface area contributed by atoms with Crippen LogP contribution in [0.25, 0.3) is 0 Å². The number of aryl methyl sites for hydroxylation is 2. The molecule has 3 rings (SSSR count). The lowest BCUT2D eigenvalue weighted by Gasteiger charge is -2.28. The number of benzene rings is 3. The van der Waals surface area contributed by atoms with Gasteiger partial charge in [0.25, 0.3) is 10.0 Å². The Kier molecular flexibility index (Phi) is 7.78. The topological polar surface area (TPSA) is 113 Å². The normalized spacial score (nSPS) is 12.6. The predicted octanol–water partition coefficient (Wildman–Crippen LogP) is 4.55. The molecule has 0 radical (unpaired) electrons. The Balaban J connectivity index is 1.77. The Labute approximate surface area is 211 Å². The largest absolute Gasteiger partial charge is 0.324 e. The maximum atomic E-state index is 12.9. The number of carbonyl (C=O) groups is 1. The lowest BCUT2D eigenvalue weighted by Crippen LogP contribution is -2.45. The van der Waals surface area contributed by atoms with Gasteiger partial charge >= 0.3 is 0 Å². The van der Waals surface area contributed by atoms with E-state index in [1.165, 1.54) is 55.5 Å². The van der Waals surface area contributed by atoms with Crippen molar-refractivity contribution in [3.05, 3.63) is 82.9 Å². The second kappa shape index (κ2) is 10.3. The molecular formula is C24H26ClN3O5S2. The lowest BCUT2D eigenvalue weighted by molar-refractivity contribution is -0.116. The number of amides is 1. The summed E-state index contributed by atoms with van der Waals surface area (Å²) in [5.41, 5.74) is 2.80. The summed E-state index contributed by atoms with van der Waals surface area (Å²) in [6.45, 7) is 5.13. The molecule has 186 valence electrons. The summed E-state index contributed by atoms with van der Waals surface area (Å²) < 4.78 is 54.0. The van der Waals surface area contributed by atoms with Gasteiger partial charge in [-0.05, 0) is 86.5 Å². The van der Waals surface area contributed by atoms with Crippen LogP contribution in [-0.2, 0) is 24.8 Å². The first-order chi connectivity index (χ1) is 16.3. The monoisotopic (exact) mass is 535 g/mol. The number of sulfonamides is 2. The van der Waals surface area contributed by atoms with Crippen LogP contribution in [0.2, 0.25) is 5.02 Å². The number of hydrogen-bond donors (Lipinski definition) is 2. The highest BCUT2D eigenvalue weighted by Crippen LogP contribution is 2.25. The van der Waals surface area contributed by atoms with Gasteiger partial charge in [0.05, 0.1) is 22.5 Å². The summed E-state index contributed by atoms with van der Waals surface area (Å²) >= 11 is 5.89. The van der Waals surface area contributed by atoms with Crippen LogP contribution in [0.3, 0.4) is 0 Å². The fraction of sp³-hybridized carbons (Fsp3) is 0.208. The molecule has 0 aliphatic carbocycles. The molecule has 0 saturated heterocycles. The van der Waals surface area contributed by atoms with Gasteiger partial charge in [-0.3, -0.25) is 13.8 Å². The Hall–Kier alpha value is -3.08. The van der Waals surface area contributed by atoms with Gasteiger partial charge in [-0.1, -0.05) is 23.7 Å². The van der Waals surface area contributed by atoms with Crippen LogP contribution in [0.5, 0.6) is 0 Å². The van der Waals surface area contributed by atoms with E-state index in [-0.39, 0.29) is 4.90 Å². The number of rotatable bonds is 8. The van der Waals surface area contributed by atoms with Crippen molar-refractivity contribution in [2.24, 2.45) is 0 Å². The zero-order valence-corrected chi connectivity index (χ0v) is 22.0. The average Bonchev–Trinajstić information content (AvgIpc) is 2.77. The Morgan fingerprint density at radius 2 is 1.51 bits per heavy atom. The van der Waals surface area contributed by atoms with Crippen LogP contribution >= 0.6 is 11.6 Å². The third-order valence-electron chi connectivity index (χ3n) is 5.24. The number of halogens is 1. The summed E-state index contributed by atoms with van der Waals surface area (Å²) in [6.07, 6.45) is 1.01. The van der Waals surface area contributed by atoms with Gasteiger partial charge in [-0.2, -0.15) is 0 Å². The smallest absolute Gasteiger partial charge is 0.261 e. The maximum Gasteiger partial charge on any atom is 0.261 e. The van der Waals surface area contributed by atoms with E-state index in [0.29, 0.717) is 22.1 Å². The predicted molar refractivity (Wildman–Crippen MR) is 140 cm³/mol. The van der Waals surface area contributed by atoms with E-state index in [1.54, 1.807) is 13.0 Å². The standard InChI is InChI=1S/C24H26ClN3O5S2/c1-16-5-6-17(2)23(15-16)27-35(32,33)22-13-9-20(10-14-22)26-24(29)18(3)28(34(4,30)31)21-11-7-19(25)8-12-21/h5-15,18,27H,1-4H3,(H,26,29)/t18-/m1/s1. The van der Waals surface area contributed by atoms with Gasteiger partial charge < -0.3 is 5.32 Å². The van der Waals surface area contributed by atoms with Crippen LogP contribution in [0, 0.1) is 13.8 Å². The summed E-state index contributed by atoms with van der Waals surface area (Å²) in [7, 11) is -7.64. The highest BCUT2D eigenvalue weighted by molar-refractivity contribution is 7.92. The number of anilines is 3. The molecule has 0 heterocycles. The van der Waals surface area contributed by atoms with Gasteiger partial charge in [-0.15, -0.1) is 0 Å². The molecule has 35 heavy (non-hydrogen) atoms. The minimum atomic E-state index is -3.85. The Morgan fingerprint density at radius 1 is 0.914 bits per heavy atom. The quantitative estimate of drug-likeness (QED) is 0.439. The van der Waals surface area contributed by atoms with E-state index >= 15 is 0 Å².